The Bertz CT molecular complexity index is 200. The molecule has 8 N–H and O–H groups in total. The van der Waals surface area contributed by atoms with E-state index in [4.69, 9.17) is 37.3 Å². The summed E-state index contributed by atoms with van der Waals surface area (Å²) >= 11 is 0. The molecule has 0 atom stereocenters. The molecule has 0 saturated carbocycles. The van der Waals surface area contributed by atoms with Gasteiger partial charge in [0.15, 0.2) is 0 Å². The van der Waals surface area contributed by atoms with E-state index in [1.54, 1.807) is 0 Å². The Labute approximate surface area is 174 Å². The quantitative estimate of drug-likeness (QED) is 0.172. The summed E-state index contributed by atoms with van der Waals surface area (Å²) in [4.78, 5) is 0. The molecule has 0 aromatic rings. The van der Waals surface area contributed by atoms with E-state index in [1.165, 1.54) is 12.8 Å². The zero-order valence-electron chi connectivity index (χ0n) is 15.0. The van der Waals surface area contributed by atoms with Crippen LogP contribution in [0.1, 0.15) is 12.8 Å². The second kappa shape index (κ2) is 24.6. The maximum atomic E-state index is 8.60. The Hall–Kier alpha value is 0.566. The first kappa shape index (κ1) is 38.2. The minimum absolute atomic E-state index is 0. The van der Waals surface area contributed by atoms with E-state index in [-0.39, 0.29) is 29.7 Å². The van der Waals surface area contributed by atoms with Crippen LogP contribution in [0.2, 0.25) is 0 Å². The molecule has 1 heterocycles. The molecule has 1 aliphatic heterocycles. The Morgan fingerprint density at radius 1 is 0.519 bits per heavy atom. The van der Waals surface area contributed by atoms with Crippen LogP contribution in [0.5, 0.6) is 0 Å². The van der Waals surface area contributed by atoms with Gasteiger partial charge in [-0.2, -0.15) is 28.0 Å². The summed E-state index contributed by atoms with van der Waals surface area (Å²) in [6.45, 7) is 8.87. The molecule has 27 heavy (non-hydrogen) atoms. The molecule has 0 aliphatic carbocycles. The minimum Gasteiger partial charge on any atom is -0.412 e. The number of hydrogen-bond acceptors (Lipinski definition) is 12. The van der Waals surface area contributed by atoms with Crippen molar-refractivity contribution in [1.29, 1.82) is 0 Å². The van der Waals surface area contributed by atoms with Gasteiger partial charge in [0.25, 0.3) is 0 Å². The third-order valence-corrected chi connectivity index (χ3v) is 2.37. The summed E-state index contributed by atoms with van der Waals surface area (Å²) < 4.78 is 65.4. The summed E-state index contributed by atoms with van der Waals surface area (Å²) in [7, 11) is -9.39. The standard InChI is InChI=1S/C10H24N4.CH3.2ClHO4.Co.H2O/c1-3-11-7-9-13-5-2-6-14-10-8-12-4-1;;2*2-1(3,4)5;;/h11-14H,1-10H2;1H3;2*(H,2,3,4,5);;1H2/q;-1;;;;. The zero-order chi connectivity index (χ0) is 18.9. The fourth-order valence-electron chi connectivity index (χ4n) is 1.53. The van der Waals surface area contributed by atoms with Crippen molar-refractivity contribution in [3.63, 3.8) is 0 Å². The molecule has 13 nitrogen and oxygen atoms in total. The van der Waals surface area contributed by atoms with Crippen LogP contribution in [-0.2, 0) is 16.8 Å². The van der Waals surface area contributed by atoms with Gasteiger partial charge in [0.05, 0.1) is 29.8 Å². The first-order valence-corrected chi connectivity index (χ1v) is 9.62. The molecule has 1 saturated heterocycles. The molecule has 173 valence electrons. The van der Waals surface area contributed by atoms with Crippen LogP contribution in [0.4, 0.5) is 0 Å². The van der Waals surface area contributed by atoms with Gasteiger partial charge in [-0.3, -0.25) is 0 Å². The second-order valence-corrected chi connectivity index (χ2v) is 6.08. The molecule has 1 radical (unpaired) electrons. The van der Waals surface area contributed by atoms with Gasteiger partial charge in [-0.05, 0) is 39.0 Å². The van der Waals surface area contributed by atoms with E-state index in [9.17, 15) is 0 Å². The van der Waals surface area contributed by atoms with E-state index in [2.05, 4.69) is 21.3 Å². The molecule has 0 bridgehead atoms. The van der Waals surface area contributed by atoms with Crippen LogP contribution in [0.3, 0.4) is 0 Å². The fraction of sp³-hybridized carbons (Fsp3) is 0.909. The molecule has 0 aromatic carbocycles. The van der Waals surface area contributed by atoms with Crippen LogP contribution in [0.25, 0.3) is 0 Å². The Kier molecular flexibility index (Phi) is 34.8. The van der Waals surface area contributed by atoms with Crippen molar-refractivity contribution in [2.24, 2.45) is 0 Å². The summed E-state index contributed by atoms with van der Waals surface area (Å²) in [5, 5.41) is 13.7. The van der Waals surface area contributed by atoms with E-state index in [0.29, 0.717) is 0 Å². The molecule has 0 spiro atoms. The largest absolute Gasteiger partial charge is 0.412 e. The van der Waals surface area contributed by atoms with Gasteiger partial charge < -0.3 is 34.2 Å². The summed E-state index contributed by atoms with van der Waals surface area (Å²) in [6.07, 6.45) is 2.44. The van der Waals surface area contributed by atoms with Crippen molar-refractivity contribution in [2.75, 3.05) is 52.4 Å². The van der Waals surface area contributed by atoms with Gasteiger partial charge in [-0.25, -0.2) is 0 Å². The van der Waals surface area contributed by atoms with Crippen molar-refractivity contribution in [3.05, 3.63) is 7.43 Å². The van der Waals surface area contributed by atoms with Crippen LogP contribution in [0, 0.1) is 27.9 Å². The predicted octanol–water partition coefficient (Wildman–Crippen LogP) is -9.49. The Morgan fingerprint density at radius 2 is 0.667 bits per heavy atom. The van der Waals surface area contributed by atoms with Crippen LogP contribution < -0.4 is 49.2 Å². The van der Waals surface area contributed by atoms with Gasteiger partial charge in [0, 0.05) is 43.0 Å². The smallest absolute Gasteiger partial charge is 0.0777 e. The number of halogens is 2. The maximum absolute atomic E-state index is 8.60. The van der Waals surface area contributed by atoms with E-state index < -0.39 is 20.5 Å². The minimum atomic E-state index is -4.69. The second-order valence-electron chi connectivity index (χ2n) is 4.50. The molecule has 1 fully saturated rings. The van der Waals surface area contributed by atoms with Crippen molar-refractivity contribution >= 4 is 0 Å². The Morgan fingerprint density at radius 3 is 0.815 bits per heavy atom. The first-order valence-electron chi connectivity index (χ1n) is 7.09. The SMILES string of the molecule is C1CNCCNCCCNCCNC1.O.[CH3-].[Co].[O-][Cl+3]([O-])([O-])O.[O-][Cl+3]([O-])([O-])O. The van der Waals surface area contributed by atoms with Crippen molar-refractivity contribution in [3.8, 4) is 0 Å². The molecule has 0 unspecified atom stereocenters. The van der Waals surface area contributed by atoms with Crippen molar-refractivity contribution in [2.45, 2.75) is 12.8 Å². The van der Waals surface area contributed by atoms with Gasteiger partial charge in [0.2, 0.25) is 0 Å². The monoisotopic (exact) mass is 492 g/mol. The van der Waals surface area contributed by atoms with Gasteiger partial charge >= 0.3 is 0 Å². The summed E-state index contributed by atoms with van der Waals surface area (Å²) in [6, 6.07) is 0. The van der Waals surface area contributed by atoms with Gasteiger partial charge in [0.1, 0.15) is 0 Å². The third kappa shape index (κ3) is 75.6. The predicted molar refractivity (Wildman–Crippen MR) is 75.2 cm³/mol. The average Bonchev–Trinajstić information content (AvgIpc) is 2.38. The average molecular weight is 493 g/mol. The number of nitrogens with one attached hydrogen (secondary N) is 4. The number of rotatable bonds is 0. The van der Waals surface area contributed by atoms with Crippen LogP contribution >= 0.6 is 0 Å². The first-order chi connectivity index (χ1) is 11.0. The van der Waals surface area contributed by atoms with Gasteiger partial charge in [-0.1, -0.05) is 0 Å². The zero-order valence-corrected chi connectivity index (χ0v) is 17.6. The van der Waals surface area contributed by atoms with Crippen molar-refractivity contribution in [1.82, 2.24) is 21.3 Å². The van der Waals surface area contributed by atoms with Crippen LogP contribution in [-0.4, -0.2) is 67.2 Å². The molecule has 1 rings (SSSR count). The fourth-order valence-corrected chi connectivity index (χ4v) is 1.53. The van der Waals surface area contributed by atoms with E-state index in [0.717, 1.165) is 52.4 Å². The van der Waals surface area contributed by atoms with E-state index in [1.807, 2.05) is 0 Å². The summed E-state index contributed by atoms with van der Waals surface area (Å²) in [5.41, 5.74) is 0. The topological polar surface area (TPSA) is 258 Å². The van der Waals surface area contributed by atoms with Crippen LogP contribution in [0.15, 0.2) is 0 Å². The van der Waals surface area contributed by atoms with Crippen molar-refractivity contribution < 1.29 is 80.0 Å². The molecule has 0 amide bonds. The van der Waals surface area contributed by atoms with Gasteiger partial charge in [-0.15, -0.1) is 0 Å². The Balaban J connectivity index is -0.000000106. The molecule has 1 aliphatic rings. The van der Waals surface area contributed by atoms with E-state index >= 15 is 0 Å². The maximum Gasteiger partial charge on any atom is 0.0777 e. The number of hydrogen-bond donors (Lipinski definition) is 6. The summed E-state index contributed by atoms with van der Waals surface area (Å²) in [5.74, 6) is 0. The third-order valence-electron chi connectivity index (χ3n) is 2.37. The molecule has 16 heteroatoms. The molecular formula is C11H31Cl2CoN4O9-. The normalized spacial score (nSPS) is 16.9. The molecular weight excluding hydrogens is 462 g/mol. The molecule has 0 aromatic heterocycles.